The van der Waals surface area contributed by atoms with Crippen molar-refractivity contribution in [1.29, 1.82) is 0 Å². The molecular formula is C11H13BrN2O2S3. The average Bonchev–Trinajstić information content (AvgIpc) is 2.96. The van der Waals surface area contributed by atoms with Crippen LogP contribution >= 0.6 is 38.6 Å². The van der Waals surface area contributed by atoms with Gasteiger partial charge in [-0.2, -0.15) is 0 Å². The van der Waals surface area contributed by atoms with Gasteiger partial charge in [0.2, 0.25) is 0 Å². The summed E-state index contributed by atoms with van der Waals surface area (Å²) in [5, 5.41) is 0.788. The van der Waals surface area contributed by atoms with E-state index in [4.69, 9.17) is 0 Å². The Balaban J connectivity index is 2.16. The summed E-state index contributed by atoms with van der Waals surface area (Å²) in [6.45, 7) is 3.85. The maximum absolute atomic E-state index is 12.2. The third-order valence-electron chi connectivity index (χ3n) is 2.44. The molecule has 2 rings (SSSR count). The topological polar surface area (TPSA) is 59.1 Å². The summed E-state index contributed by atoms with van der Waals surface area (Å²) in [6.07, 6.45) is 2.71. The molecule has 0 bridgehead atoms. The average molecular weight is 381 g/mol. The van der Waals surface area contributed by atoms with Crippen molar-refractivity contribution in [2.45, 2.75) is 30.5 Å². The molecule has 0 aromatic carbocycles. The minimum absolute atomic E-state index is 0.304. The first-order valence-electron chi connectivity index (χ1n) is 5.64. The summed E-state index contributed by atoms with van der Waals surface area (Å²) in [6, 6.07) is 2.99. The minimum atomic E-state index is -3.48. The molecule has 0 saturated heterocycles. The number of thiophene rings is 1. The van der Waals surface area contributed by atoms with E-state index in [1.54, 1.807) is 25.3 Å². The van der Waals surface area contributed by atoms with Crippen molar-refractivity contribution < 1.29 is 8.42 Å². The monoisotopic (exact) mass is 380 g/mol. The summed E-state index contributed by atoms with van der Waals surface area (Å²) >= 11 is 5.99. The van der Waals surface area contributed by atoms with Crippen LogP contribution in [0.2, 0.25) is 0 Å². The molecule has 2 aromatic rings. The molecule has 4 nitrogen and oxygen atoms in total. The number of rotatable bonds is 5. The van der Waals surface area contributed by atoms with Crippen molar-refractivity contribution in [3.8, 4) is 0 Å². The molecule has 1 N–H and O–H groups in total. The number of sulfonamides is 1. The summed E-state index contributed by atoms with van der Waals surface area (Å²) in [5.41, 5.74) is 0. The molecule has 2 aromatic heterocycles. The molecule has 0 amide bonds. The Kier molecular flexibility index (Phi) is 4.78. The molecule has 1 atom stereocenters. The zero-order valence-electron chi connectivity index (χ0n) is 10.4. The van der Waals surface area contributed by atoms with Gasteiger partial charge in [-0.25, -0.2) is 18.1 Å². The highest BCUT2D eigenvalue weighted by atomic mass is 79.9. The lowest BCUT2D eigenvalue weighted by Crippen LogP contribution is -2.26. The fourth-order valence-electron chi connectivity index (χ4n) is 1.47. The van der Waals surface area contributed by atoms with Crippen molar-refractivity contribution in [3.63, 3.8) is 0 Å². The third-order valence-corrected chi connectivity index (χ3v) is 7.42. The van der Waals surface area contributed by atoms with Crippen molar-refractivity contribution in [3.05, 3.63) is 32.0 Å². The van der Waals surface area contributed by atoms with Crippen LogP contribution in [0.25, 0.3) is 0 Å². The summed E-state index contributed by atoms with van der Waals surface area (Å²) in [4.78, 5) is 5.41. The van der Waals surface area contributed by atoms with Gasteiger partial charge in [-0.15, -0.1) is 22.7 Å². The predicted molar refractivity (Wildman–Crippen MR) is 82.2 cm³/mol. The van der Waals surface area contributed by atoms with Gasteiger partial charge in [0.1, 0.15) is 9.22 Å². The first-order valence-corrected chi connectivity index (χ1v) is 9.55. The van der Waals surface area contributed by atoms with Crippen LogP contribution in [0, 0.1) is 0 Å². The predicted octanol–water partition coefficient (Wildman–Crippen LogP) is 3.57. The quantitative estimate of drug-likeness (QED) is 0.862. The fourth-order valence-corrected chi connectivity index (χ4v) is 5.64. The van der Waals surface area contributed by atoms with E-state index in [1.165, 1.54) is 22.7 Å². The highest BCUT2D eigenvalue weighted by Gasteiger charge is 2.21. The molecule has 1 unspecified atom stereocenters. The van der Waals surface area contributed by atoms with E-state index in [9.17, 15) is 8.42 Å². The van der Waals surface area contributed by atoms with Crippen molar-refractivity contribution in [2.75, 3.05) is 0 Å². The largest absolute Gasteiger partial charge is 0.250 e. The second-order valence-corrected chi connectivity index (χ2v) is 9.47. The summed E-state index contributed by atoms with van der Waals surface area (Å²) in [7, 11) is -3.48. The Morgan fingerprint density at radius 3 is 2.68 bits per heavy atom. The zero-order chi connectivity index (χ0) is 14.0. The molecule has 0 aliphatic carbocycles. The molecule has 0 spiro atoms. The lowest BCUT2D eigenvalue weighted by molar-refractivity contribution is 0.568. The first kappa shape index (κ1) is 15.1. The third kappa shape index (κ3) is 3.63. The van der Waals surface area contributed by atoms with Gasteiger partial charge in [-0.05, 0) is 41.4 Å². The second kappa shape index (κ2) is 6.01. The zero-order valence-corrected chi connectivity index (χ0v) is 14.4. The molecule has 8 heteroatoms. The Bertz CT molecular complexity index is 663. The summed E-state index contributed by atoms with van der Waals surface area (Å²) in [5.74, 6) is 0. The van der Waals surface area contributed by atoms with Crippen molar-refractivity contribution >= 4 is 48.6 Å². The molecule has 0 aliphatic heterocycles. The van der Waals surface area contributed by atoms with Crippen LogP contribution in [0.5, 0.6) is 0 Å². The highest BCUT2D eigenvalue weighted by Crippen LogP contribution is 2.28. The minimum Gasteiger partial charge on any atom is -0.248 e. The lowest BCUT2D eigenvalue weighted by Gasteiger charge is -2.10. The Morgan fingerprint density at radius 1 is 1.42 bits per heavy atom. The van der Waals surface area contributed by atoms with Gasteiger partial charge >= 0.3 is 0 Å². The number of halogens is 1. The number of nitrogens with zero attached hydrogens (tertiary/aromatic N) is 1. The molecule has 0 fully saturated rings. The number of aromatic nitrogens is 1. The number of aryl methyl sites for hydroxylation is 1. The molecule has 2 heterocycles. The van der Waals surface area contributed by atoms with E-state index in [1.807, 2.05) is 0 Å². The Morgan fingerprint density at radius 2 is 2.16 bits per heavy atom. The van der Waals surface area contributed by atoms with Crippen LogP contribution in [-0.4, -0.2) is 13.4 Å². The van der Waals surface area contributed by atoms with E-state index in [0.717, 1.165) is 20.1 Å². The Hall–Kier alpha value is -0.280. The molecule has 19 heavy (non-hydrogen) atoms. The normalized spacial score (nSPS) is 13.6. The molecular weight excluding hydrogens is 368 g/mol. The van der Waals surface area contributed by atoms with Crippen LogP contribution in [0.3, 0.4) is 0 Å². The Labute approximate surface area is 129 Å². The van der Waals surface area contributed by atoms with E-state index in [0.29, 0.717) is 4.21 Å². The maximum Gasteiger partial charge on any atom is 0.250 e. The molecule has 104 valence electrons. The molecule has 0 aliphatic rings. The van der Waals surface area contributed by atoms with Crippen molar-refractivity contribution in [1.82, 2.24) is 9.71 Å². The first-order chi connectivity index (χ1) is 8.92. The fraction of sp³-hybridized carbons (Fsp3) is 0.364. The van der Waals surface area contributed by atoms with E-state index in [-0.39, 0.29) is 6.04 Å². The standard InChI is InChI=1S/C11H13BrN2O2S3/c1-3-8-6-13-11(17-8)7(2)14-19(15,16)10-5-4-9(12)18-10/h4-7,14H,3H2,1-2H3. The van der Waals surface area contributed by atoms with Gasteiger partial charge in [-0.3, -0.25) is 0 Å². The summed E-state index contributed by atoms with van der Waals surface area (Å²) < 4.78 is 28.1. The van der Waals surface area contributed by atoms with Crippen molar-refractivity contribution in [2.24, 2.45) is 0 Å². The number of hydrogen-bond acceptors (Lipinski definition) is 5. The van der Waals surface area contributed by atoms with Crippen LogP contribution in [-0.2, 0) is 16.4 Å². The lowest BCUT2D eigenvalue weighted by atomic mass is 10.4. The van der Waals surface area contributed by atoms with Gasteiger partial charge < -0.3 is 0 Å². The highest BCUT2D eigenvalue weighted by molar-refractivity contribution is 9.11. The number of nitrogens with one attached hydrogen (secondary N) is 1. The van der Waals surface area contributed by atoms with Crippen LogP contribution in [0.15, 0.2) is 26.3 Å². The van der Waals surface area contributed by atoms with Crippen LogP contribution < -0.4 is 4.72 Å². The maximum atomic E-state index is 12.2. The van der Waals surface area contributed by atoms with Gasteiger partial charge in [-0.1, -0.05) is 6.92 Å². The van der Waals surface area contributed by atoms with Gasteiger partial charge in [0, 0.05) is 11.1 Å². The number of thiazole rings is 1. The smallest absolute Gasteiger partial charge is 0.248 e. The van der Waals surface area contributed by atoms with E-state index in [2.05, 4.69) is 32.6 Å². The number of hydrogen-bond donors (Lipinski definition) is 1. The van der Waals surface area contributed by atoms with Gasteiger partial charge in [0.15, 0.2) is 0 Å². The molecule has 0 radical (unpaired) electrons. The second-order valence-electron chi connectivity index (χ2n) is 3.92. The van der Waals surface area contributed by atoms with Gasteiger partial charge in [0.05, 0.1) is 9.83 Å². The van der Waals surface area contributed by atoms with Crippen LogP contribution in [0.1, 0.15) is 29.8 Å². The van der Waals surface area contributed by atoms with E-state index < -0.39 is 10.0 Å². The van der Waals surface area contributed by atoms with Crippen LogP contribution in [0.4, 0.5) is 0 Å². The van der Waals surface area contributed by atoms with Gasteiger partial charge in [0.25, 0.3) is 10.0 Å². The SMILES string of the molecule is CCc1cnc(C(C)NS(=O)(=O)c2ccc(Br)s2)s1. The van der Waals surface area contributed by atoms with E-state index >= 15 is 0 Å². The molecule has 0 saturated carbocycles.